The highest BCUT2D eigenvalue weighted by Crippen LogP contribution is 2.33. The molecule has 2 aromatic heterocycles. The van der Waals surface area contributed by atoms with Gasteiger partial charge in [-0.2, -0.15) is 0 Å². The molecule has 1 fully saturated rings. The van der Waals surface area contributed by atoms with Crippen LogP contribution in [0, 0.1) is 6.92 Å². The first-order valence-corrected chi connectivity index (χ1v) is 13.4. The van der Waals surface area contributed by atoms with Crippen molar-refractivity contribution in [3.8, 4) is 28.4 Å². The van der Waals surface area contributed by atoms with Crippen LogP contribution in [0.3, 0.4) is 0 Å². The predicted octanol–water partition coefficient (Wildman–Crippen LogP) is 4.58. The number of hydrogen-bond donors (Lipinski definition) is 1. The number of rotatable bonds is 9. The topological polar surface area (TPSA) is 108 Å². The van der Waals surface area contributed by atoms with Crippen LogP contribution in [0.15, 0.2) is 73.1 Å². The standard InChI is InChI=1S/C31H33N5O5/c1-20-12-14-23(18-32-20)36-19-24(21-9-6-5-7-10-21)33-31(36)34-29(37)25-11-8-16-35(25)30(38)28(41-4)22-13-15-26(39-2)27(17-22)40-3/h5-7,9-10,12-15,17-19,25,28H,8,11,16H2,1-4H3,(H,33,34,37)/t25-,28?/m1/s1. The van der Waals surface area contributed by atoms with Gasteiger partial charge in [-0.3, -0.25) is 24.5 Å². The summed E-state index contributed by atoms with van der Waals surface area (Å²) in [5.41, 5.74) is 3.86. The van der Waals surface area contributed by atoms with Gasteiger partial charge in [0.1, 0.15) is 6.04 Å². The highest BCUT2D eigenvalue weighted by molar-refractivity contribution is 5.97. The van der Waals surface area contributed by atoms with Crippen molar-refractivity contribution in [2.75, 3.05) is 33.2 Å². The Hall–Kier alpha value is -4.70. The molecule has 3 heterocycles. The van der Waals surface area contributed by atoms with Gasteiger partial charge in [0, 0.05) is 31.1 Å². The minimum atomic E-state index is -0.909. The first kappa shape index (κ1) is 27.9. The van der Waals surface area contributed by atoms with E-state index < -0.39 is 12.1 Å². The number of likely N-dealkylation sites (tertiary alicyclic amines) is 1. The third-order valence-corrected chi connectivity index (χ3v) is 7.19. The maximum absolute atomic E-state index is 13.7. The molecule has 41 heavy (non-hydrogen) atoms. The fourth-order valence-electron chi connectivity index (χ4n) is 5.06. The average molecular weight is 556 g/mol. The van der Waals surface area contributed by atoms with Crippen LogP contribution < -0.4 is 14.8 Å². The maximum atomic E-state index is 13.7. The van der Waals surface area contributed by atoms with E-state index in [0.29, 0.717) is 48.1 Å². The van der Waals surface area contributed by atoms with Crippen molar-refractivity contribution >= 4 is 17.8 Å². The molecule has 0 aliphatic carbocycles. The summed E-state index contributed by atoms with van der Waals surface area (Å²) >= 11 is 0. The molecule has 10 heteroatoms. The highest BCUT2D eigenvalue weighted by Gasteiger charge is 2.38. The van der Waals surface area contributed by atoms with Crippen LogP contribution in [0.2, 0.25) is 0 Å². The predicted molar refractivity (Wildman–Crippen MR) is 154 cm³/mol. The van der Waals surface area contributed by atoms with E-state index in [1.807, 2.05) is 55.6 Å². The third kappa shape index (κ3) is 5.78. The van der Waals surface area contributed by atoms with Gasteiger partial charge in [0.2, 0.25) is 11.9 Å². The number of carbonyl (C=O) groups is 2. The second-order valence-electron chi connectivity index (χ2n) is 9.75. The van der Waals surface area contributed by atoms with Crippen LogP contribution in [-0.2, 0) is 14.3 Å². The minimum absolute atomic E-state index is 0.298. The lowest BCUT2D eigenvalue weighted by Crippen LogP contribution is -2.45. The molecule has 0 spiro atoms. The van der Waals surface area contributed by atoms with E-state index in [-0.39, 0.29) is 11.8 Å². The number of aromatic nitrogens is 3. The zero-order valence-corrected chi connectivity index (χ0v) is 23.5. The second-order valence-corrected chi connectivity index (χ2v) is 9.75. The second kappa shape index (κ2) is 12.2. The Morgan fingerprint density at radius 2 is 1.78 bits per heavy atom. The Labute approximate surface area is 238 Å². The van der Waals surface area contributed by atoms with Crippen molar-refractivity contribution < 1.29 is 23.8 Å². The van der Waals surface area contributed by atoms with Gasteiger partial charge in [-0.25, -0.2) is 4.98 Å². The summed E-state index contributed by atoms with van der Waals surface area (Å²) in [4.78, 5) is 38.2. The van der Waals surface area contributed by atoms with Crippen LogP contribution in [0.5, 0.6) is 11.5 Å². The summed E-state index contributed by atoms with van der Waals surface area (Å²) in [6.45, 7) is 2.35. The molecule has 2 aromatic carbocycles. The van der Waals surface area contributed by atoms with E-state index in [1.165, 1.54) is 14.2 Å². The number of pyridine rings is 1. The van der Waals surface area contributed by atoms with Crippen molar-refractivity contribution in [1.82, 2.24) is 19.4 Å². The van der Waals surface area contributed by atoms with E-state index in [2.05, 4.69) is 10.3 Å². The lowest BCUT2D eigenvalue weighted by atomic mass is 10.1. The van der Waals surface area contributed by atoms with Crippen LogP contribution >= 0.6 is 0 Å². The zero-order valence-electron chi connectivity index (χ0n) is 23.5. The summed E-state index contributed by atoms with van der Waals surface area (Å²) in [6, 6.07) is 18.1. The van der Waals surface area contributed by atoms with Gasteiger partial charge in [-0.1, -0.05) is 36.4 Å². The quantitative estimate of drug-likeness (QED) is 0.322. The molecular formula is C31H33N5O5. The largest absolute Gasteiger partial charge is 0.493 e. The van der Waals surface area contributed by atoms with Crippen LogP contribution in [0.25, 0.3) is 16.9 Å². The number of imidazole rings is 1. The number of carbonyl (C=O) groups excluding carboxylic acids is 2. The Bertz CT molecular complexity index is 1520. The van der Waals surface area contributed by atoms with Crippen LogP contribution in [-0.4, -0.2) is 65.2 Å². The normalized spacial score (nSPS) is 15.4. The minimum Gasteiger partial charge on any atom is -0.493 e. The number of anilines is 1. The molecule has 1 unspecified atom stereocenters. The molecule has 1 aliphatic heterocycles. The number of benzene rings is 2. The molecule has 2 atom stereocenters. The Kier molecular flexibility index (Phi) is 8.30. The maximum Gasteiger partial charge on any atom is 0.257 e. The monoisotopic (exact) mass is 555 g/mol. The zero-order chi connectivity index (χ0) is 28.9. The Morgan fingerprint density at radius 1 is 1.00 bits per heavy atom. The molecule has 4 aromatic rings. The molecule has 0 bridgehead atoms. The smallest absolute Gasteiger partial charge is 0.257 e. The van der Waals surface area contributed by atoms with Crippen molar-refractivity contribution in [3.63, 3.8) is 0 Å². The van der Waals surface area contributed by atoms with Crippen molar-refractivity contribution in [3.05, 3.63) is 84.3 Å². The average Bonchev–Trinajstić information content (AvgIpc) is 3.66. The number of ether oxygens (including phenoxy) is 3. The number of amides is 2. The summed E-state index contributed by atoms with van der Waals surface area (Å²) in [7, 11) is 4.56. The van der Waals surface area contributed by atoms with E-state index in [4.69, 9.17) is 19.2 Å². The first-order chi connectivity index (χ1) is 19.9. The first-order valence-electron chi connectivity index (χ1n) is 13.4. The van der Waals surface area contributed by atoms with E-state index >= 15 is 0 Å². The lowest BCUT2D eigenvalue weighted by molar-refractivity contribution is -0.146. The summed E-state index contributed by atoms with van der Waals surface area (Å²) < 4.78 is 18.2. The number of hydrogen-bond acceptors (Lipinski definition) is 7. The highest BCUT2D eigenvalue weighted by atomic mass is 16.5. The van der Waals surface area contributed by atoms with Gasteiger partial charge in [0.25, 0.3) is 5.91 Å². The molecule has 212 valence electrons. The SMILES string of the molecule is COc1ccc(C(OC)C(=O)N2CCC[C@@H]2C(=O)Nc2nc(-c3ccccc3)cn2-c2ccc(C)nc2)cc1OC. The lowest BCUT2D eigenvalue weighted by Gasteiger charge is -2.28. The van der Waals surface area contributed by atoms with Gasteiger partial charge in [0.05, 0.1) is 31.8 Å². The molecule has 5 rings (SSSR count). The molecule has 0 saturated carbocycles. The fourth-order valence-corrected chi connectivity index (χ4v) is 5.06. The van der Waals surface area contributed by atoms with Gasteiger partial charge in [0.15, 0.2) is 17.6 Å². The third-order valence-electron chi connectivity index (χ3n) is 7.19. The fraction of sp³-hybridized carbons (Fsp3) is 0.290. The number of nitrogens with one attached hydrogen (secondary N) is 1. The summed E-state index contributed by atoms with van der Waals surface area (Å²) in [5, 5.41) is 2.98. The summed E-state index contributed by atoms with van der Waals surface area (Å²) in [6.07, 6.45) is 3.91. The molecule has 1 aliphatic rings. The van der Waals surface area contributed by atoms with Gasteiger partial charge in [-0.15, -0.1) is 0 Å². The molecule has 10 nitrogen and oxygen atoms in total. The number of nitrogens with zero attached hydrogens (tertiary/aromatic N) is 4. The summed E-state index contributed by atoms with van der Waals surface area (Å²) in [5.74, 6) is 0.772. The van der Waals surface area contributed by atoms with E-state index in [1.54, 1.807) is 41.0 Å². The van der Waals surface area contributed by atoms with Crippen molar-refractivity contribution in [1.29, 1.82) is 0 Å². The van der Waals surface area contributed by atoms with Gasteiger partial charge >= 0.3 is 0 Å². The molecule has 0 radical (unpaired) electrons. The molecule has 1 N–H and O–H groups in total. The Morgan fingerprint density at radius 3 is 2.46 bits per heavy atom. The van der Waals surface area contributed by atoms with E-state index in [0.717, 1.165) is 16.9 Å². The molecular weight excluding hydrogens is 522 g/mol. The molecule has 2 amide bonds. The van der Waals surface area contributed by atoms with Gasteiger partial charge < -0.3 is 19.1 Å². The number of aryl methyl sites for hydroxylation is 1. The number of methoxy groups -OCH3 is 3. The van der Waals surface area contributed by atoms with Crippen molar-refractivity contribution in [2.24, 2.45) is 0 Å². The Balaban J connectivity index is 1.41. The van der Waals surface area contributed by atoms with Gasteiger partial charge in [-0.05, 0) is 49.6 Å². The van der Waals surface area contributed by atoms with E-state index in [9.17, 15) is 9.59 Å². The van der Waals surface area contributed by atoms with Crippen LogP contribution in [0.4, 0.5) is 5.95 Å². The van der Waals surface area contributed by atoms with Crippen LogP contribution in [0.1, 0.15) is 30.2 Å². The molecule has 1 saturated heterocycles. The van der Waals surface area contributed by atoms with Crippen molar-refractivity contribution in [2.45, 2.75) is 31.9 Å².